The van der Waals surface area contributed by atoms with Crippen molar-refractivity contribution in [1.82, 2.24) is 9.88 Å². The largest absolute Gasteiger partial charge is 0.344 e. The molecule has 0 saturated carbocycles. The molecule has 0 radical (unpaired) electrons. The summed E-state index contributed by atoms with van der Waals surface area (Å²) in [6.07, 6.45) is -0.316. The quantitative estimate of drug-likeness (QED) is 0.178. The van der Waals surface area contributed by atoms with Gasteiger partial charge in [-0.2, -0.15) is 0 Å². The highest BCUT2D eigenvalue weighted by molar-refractivity contribution is 6.22. The van der Waals surface area contributed by atoms with Crippen molar-refractivity contribution < 1.29 is 0 Å². The van der Waals surface area contributed by atoms with Crippen LogP contribution in [0.15, 0.2) is 204 Å². The maximum absolute atomic E-state index is 5.16. The van der Waals surface area contributed by atoms with E-state index in [-0.39, 0.29) is 6.17 Å². The molecule has 4 heteroatoms. The van der Waals surface area contributed by atoms with E-state index in [4.69, 9.17) is 9.98 Å². The first kappa shape index (κ1) is 31.2. The Morgan fingerprint density at radius 3 is 1.95 bits per heavy atom. The van der Waals surface area contributed by atoms with Gasteiger partial charge >= 0.3 is 0 Å². The summed E-state index contributed by atoms with van der Waals surface area (Å²) >= 11 is 0. The highest BCUT2D eigenvalue weighted by Crippen LogP contribution is 2.39. The lowest BCUT2D eigenvalue weighted by Crippen LogP contribution is -2.33. The second-order valence-corrected chi connectivity index (χ2v) is 14.3. The molecule has 1 aliphatic rings. The van der Waals surface area contributed by atoms with Crippen LogP contribution in [0, 0.1) is 0 Å². The van der Waals surface area contributed by atoms with Crippen LogP contribution in [-0.4, -0.2) is 16.2 Å². The number of aromatic nitrogens is 1. The minimum absolute atomic E-state index is 0.316. The first-order valence-electron chi connectivity index (χ1n) is 18.8. The summed E-state index contributed by atoms with van der Waals surface area (Å²) in [6.45, 7) is 0. The Labute approximate surface area is 318 Å². The van der Waals surface area contributed by atoms with Gasteiger partial charge in [0, 0.05) is 27.6 Å². The van der Waals surface area contributed by atoms with Crippen LogP contribution in [0.4, 0.5) is 0 Å². The molecular weight excluding hydrogens is 669 g/mol. The lowest BCUT2D eigenvalue weighted by molar-refractivity contribution is 0.674. The number of amidine groups is 2. The van der Waals surface area contributed by atoms with Gasteiger partial charge in [-0.25, -0.2) is 9.98 Å². The van der Waals surface area contributed by atoms with Crippen LogP contribution < -0.4 is 5.32 Å². The summed E-state index contributed by atoms with van der Waals surface area (Å²) in [7, 11) is 0. The first-order valence-corrected chi connectivity index (χ1v) is 18.8. The van der Waals surface area contributed by atoms with Crippen molar-refractivity contribution in [3.05, 3.63) is 211 Å². The number of rotatable bonds is 5. The number of hydrogen-bond donors (Lipinski definition) is 1. The van der Waals surface area contributed by atoms with E-state index >= 15 is 0 Å². The molecule has 55 heavy (non-hydrogen) atoms. The summed E-state index contributed by atoms with van der Waals surface area (Å²) in [5, 5.41) is 13.7. The van der Waals surface area contributed by atoms with Crippen molar-refractivity contribution >= 4 is 65.8 Å². The lowest BCUT2D eigenvalue weighted by Gasteiger charge is -2.24. The third-order valence-corrected chi connectivity index (χ3v) is 11.0. The molecule has 0 amide bonds. The third-order valence-electron chi connectivity index (χ3n) is 11.0. The van der Waals surface area contributed by atoms with E-state index in [9.17, 15) is 0 Å². The maximum atomic E-state index is 5.16. The van der Waals surface area contributed by atoms with Crippen LogP contribution >= 0.6 is 0 Å². The zero-order valence-electron chi connectivity index (χ0n) is 29.9. The second-order valence-electron chi connectivity index (χ2n) is 14.3. The van der Waals surface area contributed by atoms with Crippen LogP contribution in [0.1, 0.15) is 22.9 Å². The molecule has 1 aliphatic heterocycles. The van der Waals surface area contributed by atoms with Crippen molar-refractivity contribution in [3.63, 3.8) is 0 Å². The van der Waals surface area contributed by atoms with Crippen LogP contribution in [0.25, 0.3) is 70.9 Å². The number of aliphatic imine (C=N–C) groups is 2. The zero-order chi connectivity index (χ0) is 36.3. The van der Waals surface area contributed by atoms with Crippen molar-refractivity contribution in [2.75, 3.05) is 0 Å². The Kier molecular flexibility index (Phi) is 7.20. The molecule has 10 aromatic rings. The van der Waals surface area contributed by atoms with Crippen molar-refractivity contribution in [3.8, 4) is 16.8 Å². The Hall–Kier alpha value is -7.30. The van der Waals surface area contributed by atoms with Gasteiger partial charge in [0.2, 0.25) is 0 Å². The highest BCUT2D eigenvalue weighted by Gasteiger charge is 2.22. The Morgan fingerprint density at radius 1 is 0.418 bits per heavy atom. The van der Waals surface area contributed by atoms with Crippen LogP contribution in [-0.2, 0) is 0 Å². The van der Waals surface area contributed by atoms with E-state index in [0.717, 1.165) is 28.2 Å². The number of nitrogens with one attached hydrogen (secondary N) is 1. The average Bonchev–Trinajstić information content (AvgIpc) is 3.61. The van der Waals surface area contributed by atoms with Crippen molar-refractivity contribution in [1.29, 1.82) is 0 Å². The molecule has 0 bridgehead atoms. The van der Waals surface area contributed by atoms with E-state index in [1.165, 1.54) is 65.3 Å². The van der Waals surface area contributed by atoms with Gasteiger partial charge in [-0.05, 0) is 85.4 Å². The van der Waals surface area contributed by atoms with Gasteiger partial charge in [0.05, 0.1) is 11.0 Å². The molecular formula is C51H34N4. The predicted octanol–water partition coefficient (Wildman–Crippen LogP) is 12.4. The van der Waals surface area contributed by atoms with E-state index in [2.05, 4.69) is 168 Å². The molecule has 1 N–H and O–H groups in total. The molecule has 1 unspecified atom stereocenters. The van der Waals surface area contributed by atoms with Crippen LogP contribution in [0.3, 0.4) is 0 Å². The molecule has 0 aliphatic carbocycles. The minimum atomic E-state index is -0.316. The summed E-state index contributed by atoms with van der Waals surface area (Å²) in [5.41, 5.74) is 8.95. The van der Waals surface area contributed by atoms with Gasteiger partial charge in [0.15, 0.2) is 5.84 Å². The fourth-order valence-corrected chi connectivity index (χ4v) is 8.35. The van der Waals surface area contributed by atoms with Gasteiger partial charge in [-0.15, -0.1) is 0 Å². The molecule has 1 aromatic heterocycles. The van der Waals surface area contributed by atoms with Gasteiger partial charge in [0.1, 0.15) is 12.0 Å². The monoisotopic (exact) mass is 702 g/mol. The molecule has 0 spiro atoms. The molecule has 0 saturated heterocycles. The summed E-state index contributed by atoms with van der Waals surface area (Å²) in [6, 6.07) is 69.4. The fourth-order valence-electron chi connectivity index (χ4n) is 8.35. The SMILES string of the molecule is c1ccc(C2=NC(c3cccc(-n4c5ccccc5c5c6ccc(-c7ccc8ccc9ccccc9c8c7)cc6ccc54)c3)NC(c3ccccc3)=N2)cc1. The van der Waals surface area contributed by atoms with E-state index in [0.29, 0.717) is 5.84 Å². The minimum Gasteiger partial charge on any atom is -0.344 e. The summed E-state index contributed by atoms with van der Waals surface area (Å²) in [5.74, 6) is 1.53. The van der Waals surface area contributed by atoms with E-state index in [1.54, 1.807) is 0 Å². The highest BCUT2D eigenvalue weighted by atomic mass is 15.2. The molecule has 4 nitrogen and oxygen atoms in total. The predicted molar refractivity (Wildman–Crippen MR) is 231 cm³/mol. The fraction of sp³-hybridized carbons (Fsp3) is 0.0196. The number of nitrogens with zero attached hydrogens (tertiary/aromatic N) is 3. The van der Waals surface area contributed by atoms with E-state index < -0.39 is 0 Å². The molecule has 0 fully saturated rings. The van der Waals surface area contributed by atoms with Gasteiger partial charge in [-0.3, -0.25) is 0 Å². The summed E-state index contributed by atoms with van der Waals surface area (Å²) < 4.78 is 2.40. The molecule has 258 valence electrons. The molecule has 2 heterocycles. The standard InChI is InChI=1S/C51H34N4/c1-3-13-35(14-4-1)49-52-50(36-15-5-2-6-16-36)54-51(53-49)40-17-11-18-41(31-40)55-46-21-10-9-20-44(46)48-43-28-26-37(30-39(43)27-29-47(48)55)38-25-24-34-23-22-33-12-7-8-19-42(33)45(34)32-38/h1-32,51H,(H,52,53,54). The van der Waals surface area contributed by atoms with Crippen LogP contribution in [0.5, 0.6) is 0 Å². The lowest BCUT2D eigenvalue weighted by atomic mass is 9.95. The van der Waals surface area contributed by atoms with Crippen molar-refractivity contribution in [2.24, 2.45) is 9.98 Å². The first-order chi connectivity index (χ1) is 27.2. The average molecular weight is 703 g/mol. The van der Waals surface area contributed by atoms with Gasteiger partial charge in [-0.1, -0.05) is 158 Å². The second kappa shape index (κ2) is 12.7. The third kappa shape index (κ3) is 5.30. The zero-order valence-corrected chi connectivity index (χ0v) is 29.9. The number of para-hydroxylation sites is 1. The molecule has 9 aromatic carbocycles. The Balaban J connectivity index is 1.03. The Morgan fingerprint density at radius 2 is 1.09 bits per heavy atom. The van der Waals surface area contributed by atoms with Gasteiger partial charge in [0.25, 0.3) is 0 Å². The smallest absolute Gasteiger partial charge is 0.159 e. The molecule has 1 atom stereocenters. The number of hydrogen-bond acceptors (Lipinski definition) is 3. The maximum Gasteiger partial charge on any atom is 0.159 e. The summed E-state index contributed by atoms with van der Waals surface area (Å²) in [4.78, 5) is 10.1. The topological polar surface area (TPSA) is 41.7 Å². The number of benzene rings is 9. The van der Waals surface area contributed by atoms with Crippen molar-refractivity contribution in [2.45, 2.75) is 6.17 Å². The molecule has 11 rings (SSSR count). The van der Waals surface area contributed by atoms with Gasteiger partial charge < -0.3 is 9.88 Å². The van der Waals surface area contributed by atoms with E-state index in [1.807, 2.05) is 36.4 Å². The normalized spacial score (nSPS) is 14.4. The number of fused-ring (bicyclic) bond motifs is 8. The Bertz CT molecular complexity index is 3170. The van der Waals surface area contributed by atoms with Crippen LogP contribution in [0.2, 0.25) is 0 Å².